The zero-order valence-electron chi connectivity index (χ0n) is 11.8. The number of hydrogen-bond donors (Lipinski definition) is 1. The van der Waals surface area contributed by atoms with E-state index < -0.39 is 0 Å². The third-order valence-electron chi connectivity index (χ3n) is 3.28. The minimum atomic E-state index is -0.0228. The number of nitrogens with one attached hydrogen (secondary N) is 1. The van der Waals surface area contributed by atoms with Gasteiger partial charge in [-0.3, -0.25) is 9.48 Å². The van der Waals surface area contributed by atoms with Gasteiger partial charge in [0.05, 0.1) is 11.4 Å². The van der Waals surface area contributed by atoms with Gasteiger partial charge in [0, 0.05) is 32.1 Å². The highest BCUT2D eigenvalue weighted by Gasteiger charge is 2.23. The van der Waals surface area contributed by atoms with E-state index in [0.717, 1.165) is 37.2 Å². The maximum absolute atomic E-state index is 11.8. The van der Waals surface area contributed by atoms with E-state index in [2.05, 4.69) is 15.6 Å². The first-order valence-corrected chi connectivity index (χ1v) is 6.55. The van der Waals surface area contributed by atoms with E-state index in [-0.39, 0.29) is 11.9 Å². The summed E-state index contributed by atoms with van der Waals surface area (Å²) in [6.45, 7) is 0.772. The van der Waals surface area contributed by atoms with Gasteiger partial charge in [-0.05, 0) is 26.9 Å². The van der Waals surface area contributed by atoms with E-state index in [0.29, 0.717) is 0 Å². The summed E-state index contributed by atoms with van der Waals surface area (Å²) in [6.07, 6.45) is 6.10. The number of amides is 1. The van der Waals surface area contributed by atoms with Gasteiger partial charge in [-0.1, -0.05) is 11.3 Å². The number of nitrogens with zero attached hydrogens (tertiary/aromatic N) is 4. The van der Waals surface area contributed by atoms with E-state index in [1.165, 1.54) is 0 Å². The summed E-state index contributed by atoms with van der Waals surface area (Å²) in [5.74, 6) is -0.0228. The molecule has 0 radical (unpaired) electrons. The van der Waals surface area contributed by atoms with Gasteiger partial charge in [0.2, 0.25) is 5.91 Å². The first kappa shape index (κ1) is 13.7. The Balaban J connectivity index is 1.86. The molecule has 0 spiro atoms. The molecule has 6 nitrogen and oxygen atoms in total. The number of aryl methyl sites for hydroxylation is 2. The van der Waals surface area contributed by atoms with Crippen LogP contribution < -0.4 is 5.32 Å². The van der Waals surface area contributed by atoms with Crippen molar-refractivity contribution in [2.75, 3.05) is 20.6 Å². The van der Waals surface area contributed by atoms with Crippen molar-refractivity contribution in [2.45, 2.75) is 25.3 Å². The molecule has 0 fully saturated rings. The predicted molar refractivity (Wildman–Crippen MR) is 72.7 cm³/mol. The summed E-state index contributed by atoms with van der Waals surface area (Å²) in [6, 6.07) is 0.182. The molecule has 1 amide bonds. The fourth-order valence-corrected chi connectivity index (χ4v) is 2.25. The van der Waals surface area contributed by atoms with E-state index in [1.54, 1.807) is 10.8 Å². The van der Waals surface area contributed by atoms with Crippen LogP contribution in [-0.2, 0) is 24.7 Å². The molecule has 6 heteroatoms. The van der Waals surface area contributed by atoms with Gasteiger partial charge in [0.25, 0.3) is 0 Å². The lowest BCUT2D eigenvalue weighted by molar-refractivity contribution is -0.117. The first-order chi connectivity index (χ1) is 9.06. The zero-order valence-corrected chi connectivity index (χ0v) is 11.8. The van der Waals surface area contributed by atoms with Crippen LogP contribution in [0, 0.1) is 0 Å². The van der Waals surface area contributed by atoms with Crippen molar-refractivity contribution < 1.29 is 4.79 Å². The molecule has 1 unspecified atom stereocenters. The highest BCUT2D eigenvalue weighted by atomic mass is 16.1. The Labute approximate surface area is 113 Å². The van der Waals surface area contributed by atoms with E-state index in [4.69, 9.17) is 0 Å². The first-order valence-electron chi connectivity index (χ1n) is 6.55. The molecule has 1 aromatic heterocycles. The zero-order chi connectivity index (χ0) is 13.8. The Morgan fingerprint density at radius 3 is 3.11 bits per heavy atom. The molecule has 19 heavy (non-hydrogen) atoms. The second-order valence-corrected chi connectivity index (χ2v) is 5.22. The van der Waals surface area contributed by atoms with Gasteiger partial charge in [0.15, 0.2) is 0 Å². The molecule has 2 rings (SSSR count). The molecule has 0 saturated carbocycles. The second-order valence-electron chi connectivity index (χ2n) is 5.22. The third kappa shape index (κ3) is 3.64. The average molecular weight is 263 g/mol. The van der Waals surface area contributed by atoms with Crippen LogP contribution in [0.3, 0.4) is 0 Å². The third-order valence-corrected chi connectivity index (χ3v) is 3.28. The Kier molecular flexibility index (Phi) is 4.31. The molecule has 1 aromatic rings. The van der Waals surface area contributed by atoms with Crippen molar-refractivity contribution in [1.82, 2.24) is 25.2 Å². The summed E-state index contributed by atoms with van der Waals surface area (Å²) in [5.41, 5.74) is 2.20. The molecule has 0 aromatic carbocycles. The van der Waals surface area contributed by atoms with E-state index in [9.17, 15) is 4.79 Å². The highest BCUT2D eigenvalue weighted by molar-refractivity contribution is 5.87. The Morgan fingerprint density at radius 1 is 1.58 bits per heavy atom. The number of hydrogen-bond acceptors (Lipinski definition) is 4. The SMILES string of the molecule is CN(C)C/C=C/C(=O)NC1CCc2nnn(C)c2C1. The van der Waals surface area contributed by atoms with Gasteiger partial charge >= 0.3 is 0 Å². The Morgan fingerprint density at radius 2 is 2.37 bits per heavy atom. The summed E-state index contributed by atoms with van der Waals surface area (Å²) < 4.78 is 1.80. The van der Waals surface area contributed by atoms with Gasteiger partial charge in [-0.2, -0.15) is 0 Å². The van der Waals surface area contributed by atoms with Crippen molar-refractivity contribution in [1.29, 1.82) is 0 Å². The van der Waals surface area contributed by atoms with E-state index >= 15 is 0 Å². The Bertz CT molecular complexity index is 477. The summed E-state index contributed by atoms with van der Waals surface area (Å²) in [7, 11) is 5.84. The number of likely N-dealkylation sites (N-methyl/N-ethyl adjacent to an activating group) is 1. The predicted octanol–water partition coefficient (Wildman–Crippen LogP) is -0.0936. The molecule has 1 atom stereocenters. The number of aromatic nitrogens is 3. The minimum absolute atomic E-state index is 0.0228. The van der Waals surface area contributed by atoms with Gasteiger partial charge in [-0.25, -0.2) is 0 Å². The smallest absolute Gasteiger partial charge is 0.243 e. The van der Waals surface area contributed by atoms with Crippen LogP contribution in [0.5, 0.6) is 0 Å². The Hall–Kier alpha value is -1.69. The normalized spacial score (nSPS) is 18.8. The minimum Gasteiger partial charge on any atom is -0.349 e. The number of rotatable bonds is 4. The lowest BCUT2D eigenvalue weighted by atomic mass is 9.96. The topological polar surface area (TPSA) is 63.1 Å². The van der Waals surface area contributed by atoms with Crippen molar-refractivity contribution in [3.63, 3.8) is 0 Å². The lowest BCUT2D eigenvalue weighted by Crippen LogP contribution is -2.38. The monoisotopic (exact) mass is 263 g/mol. The molecule has 1 N–H and O–H groups in total. The number of carbonyl (C=O) groups excluding carboxylic acids is 1. The second kappa shape index (κ2) is 5.97. The maximum Gasteiger partial charge on any atom is 0.243 e. The number of fused-ring (bicyclic) bond motifs is 1. The molecule has 104 valence electrons. The largest absolute Gasteiger partial charge is 0.349 e. The molecule has 0 saturated heterocycles. The average Bonchev–Trinajstić information content (AvgIpc) is 2.70. The lowest BCUT2D eigenvalue weighted by Gasteiger charge is -2.22. The maximum atomic E-state index is 11.8. The van der Waals surface area contributed by atoms with Crippen molar-refractivity contribution in [3.8, 4) is 0 Å². The molecular formula is C13H21N5O. The van der Waals surface area contributed by atoms with Crippen LogP contribution >= 0.6 is 0 Å². The fraction of sp³-hybridized carbons (Fsp3) is 0.615. The van der Waals surface area contributed by atoms with Crippen LogP contribution in [0.4, 0.5) is 0 Å². The van der Waals surface area contributed by atoms with Crippen LogP contribution in [0.1, 0.15) is 17.8 Å². The van der Waals surface area contributed by atoms with Crippen LogP contribution in [0.25, 0.3) is 0 Å². The van der Waals surface area contributed by atoms with Gasteiger partial charge < -0.3 is 10.2 Å². The fourth-order valence-electron chi connectivity index (χ4n) is 2.25. The summed E-state index contributed by atoms with van der Waals surface area (Å²) >= 11 is 0. The standard InChI is InChI=1S/C13H21N5O/c1-17(2)8-4-5-13(19)14-10-6-7-11-12(9-10)18(3)16-15-11/h4-5,10H,6-9H2,1-3H3,(H,14,19)/b5-4+. The summed E-state index contributed by atoms with van der Waals surface area (Å²) in [4.78, 5) is 13.8. The van der Waals surface area contributed by atoms with Crippen molar-refractivity contribution in [2.24, 2.45) is 7.05 Å². The van der Waals surface area contributed by atoms with Crippen LogP contribution in [-0.4, -0.2) is 52.5 Å². The molecule has 1 aliphatic carbocycles. The van der Waals surface area contributed by atoms with Crippen LogP contribution in [0.15, 0.2) is 12.2 Å². The highest BCUT2D eigenvalue weighted by Crippen LogP contribution is 2.18. The molecule has 0 bridgehead atoms. The van der Waals surface area contributed by atoms with Gasteiger partial charge in [0.1, 0.15) is 0 Å². The van der Waals surface area contributed by atoms with Gasteiger partial charge in [-0.15, -0.1) is 5.10 Å². The van der Waals surface area contributed by atoms with Crippen LogP contribution in [0.2, 0.25) is 0 Å². The number of carbonyl (C=O) groups is 1. The molecule has 1 heterocycles. The quantitative estimate of drug-likeness (QED) is 0.771. The molecule has 0 aliphatic heterocycles. The van der Waals surface area contributed by atoms with E-state index in [1.807, 2.05) is 32.1 Å². The summed E-state index contributed by atoms with van der Waals surface area (Å²) in [5, 5.41) is 11.2. The van der Waals surface area contributed by atoms with Crippen molar-refractivity contribution >= 4 is 5.91 Å². The molecular weight excluding hydrogens is 242 g/mol. The van der Waals surface area contributed by atoms with Crippen molar-refractivity contribution in [3.05, 3.63) is 23.5 Å². The molecule has 1 aliphatic rings.